The molecule has 0 bridgehead atoms. The molecule has 0 fully saturated rings. The Hall–Kier alpha value is -1.70. The van der Waals surface area contributed by atoms with Crippen molar-refractivity contribution in [1.82, 2.24) is 0 Å². The fourth-order valence-corrected chi connectivity index (χ4v) is 1.73. The van der Waals surface area contributed by atoms with Crippen LogP contribution in [-0.2, 0) is 19.6 Å². The summed E-state index contributed by atoms with van der Waals surface area (Å²) in [6.45, 7) is 8.25. The van der Waals surface area contributed by atoms with Crippen LogP contribution >= 0.6 is 0 Å². The molecule has 0 atom stereocenters. The predicted octanol–water partition coefficient (Wildman–Crippen LogP) is 2.05. The second kappa shape index (κ2) is 8.81. The van der Waals surface area contributed by atoms with Gasteiger partial charge in [-0.25, -0.2) is 4.79 Å². The number of benzene rings is 1. The molecule has 0 aliphatic carbocycles. The van der Waals surface area contributed by atoms with Crippen LogP contribution in [0.15, 0.2) is 41.3 Å². The molecule has 0 heterocycles. The van der Waals surface area contributed by atoms with Crippen molar-refractivity contribution in [3.05, 3.63) is 42.0 Å². The van der Waals surface area contributed by atoms with E-state index in [1.807, 2.05) is 6.92 Å². The van der Waals surface area contributed by atoms with Crippen molar-refractivity contribution < 1.29 is 27.0 Å². The summed E-state index contributed by atoms with van der Waals surface area (Å²) in [6, 6.07) is 5.99. The summed E-state index contributed by atoms with van der Waals surface area (Å²) in [7, 11) is 2.13. The molecule has 0 saturated carbocycles. The van der Waals surface area contributed by atoms with Crippen LogP contribution in [0.3, 0.4) is 0 Å². The van der Waals surface area contributed by atoms with E-state index < -0.39 is 10.1 Å². The minimum atomic E-state index is -4.02. The molecule has 0 saturated heterocycles. The van der Waals surface area contributed by atoms with Gasteiger partial charge in [0.1, 0.15) is 13.2 Å². The first-order chi connectivity index (χ1) is 10.3. The van der Waals surface area contributed by atoms with Gasteiger partial charge >= 0.3 is 5.97 Å². The van der Waals surface area contributed by atoms with Gasteiger partial charge in [0.15, 0.2) is 0 Å². The lowest BCUT2D eigenvalue weighted by molar-refractivity contribution is -0.870. The van der Waals surface area contributed by atoms with Gasteiger partial charge in [0.25, 0.3) is 10.1 Å². The third-order valence-corrected chi connectivity index (χ3v) is 3.53. The van der Waals surface area contributed by atoms with Crippen LogP contribution in [0.5, 0.6) is 0 Å². The normalized spacial score (nSPS) is 11.2. The maximum Gasteiger partial charge on any atom is 0.333 e. The van der Waals surface area contributed by atoms with E-state index in [-0.39, 0.29) is 10.9 Å². The van der Waals surface area contributed by atoms with E-state index in [1.54, 1.807) is 19.1 Å². The maximum atomic E-state index is 10.9. The monoisotopic (exact) mass is 344 g/mol. The average Bonchev–Trinajstić information content (AvgIpc) is 2.37. The van der Waals surface area contributed by atoms with Crippen molar-refractivity contribution >= 4 is 16.1 Å². The van der Waals surface area contributed by atoms with Crippen LogP contribution in [0.1, 0.15) is 12.5 Å². The second-order valence-corrected chi connectivity index (χ2v) is 7.64. The number of aryl methyl sites for hydroxylation is 1. The smallest absolute Gasteiger partial charge is 0.333 e. The zero-order valence-corrected chi connectivity index (χ0v) is 15.2. The van der Waals surface area contributed by atoms with E-state index >= 15 is 0 Å². The van der Waals surface area contributed by atoms with E-state index in [0.29, 0.717) is 12.2 Å². The number of hydrogen-bond donors (Lipinski definition) is 1. The van der Waals surface area contributed by atoms with Crippen LogP contribution in [0.2, 0.25) is 0 Å². The van der Waals surface area contributed by atoms with Crippen LogP contribution in [-0.4, -0.2) is 57.7 Å². The zero-order valence-electron chi connectivity index (χ0n) is 14.4. The van der Waals surface area contributed by atoms with E-state index in [4.69, 9.17) is 9.29 Å². The highest BCUT2D eigenvalue weighted by Crippen LogP contribution is 2.08. The highest BCUT2D eigenvalue weighted by atomic mass is 32.2. The summed E-state index contributed by atoms with van der Waals surface area (Å²) >= 11 is 0. The van der Waals surface area contributed by atoms with Crippen LogP contribution < -0.4 is 0 Å². The largest absolute Gasteiger partial charge is 0.456 e. The molecule has 1 N–H and O–H groups in total. The summed E-state index contributed by atoms with van der Waals surface area (Å²) in [6.07, 6.45) is 0. The van der Waals surface area contributed by atoms with Gasteiger partial charge in [-0.15, -0.1) is 0 Å². The lowest BCUT2D eigenvalue weighted by atomic mass is 10.2. The molecule has 0 radical (unpaired) electrons. The quantitative estimate of drug-likeness (QED) is 0.383. The number of rotatable bonds is 5. The number of hydrogen-bond acceptors (Lipinski definition) is 4. The van der Waals surface area contributed by atoms with Gasteiger partial charge in [-0.1, -0.05) is 24.3 Å². The molecule has 130 valence electrons. The highest BCUT2D eigenvalue weighted by Gasteiger charge is 2.09. The molecule has 1 aromatic rings. The molecule has 0 spiro atoms. The number of nitrogens with zero attached hydrogens (tertiary/aromatic N) is 1. The Morgan fingerprint density at radius 2 is 1.70 bits per heavy atom. The first-order valence-electron chi connectivity index (χ1n) is 7.00. The summed E-state index contributed by atoms with van der Waals surface area (Å²) < 4.78 is 35.3. The minimum Gasteiger partial charge on any atom is -0.456 e. The van der Waals surface area contributed by atoms with Gasteiger partial charge in [0.2, 0.25) is 0 Å². The van der Waals surface area contributed by atoms with E-state index in [2.05, 4.69) is 27.7 Å². The Kier molecular flexibility index (Phi) is 8.16. The van der Waals surface area contributed by atoms with Crippen molar-refractivity contribution in [2.45, 2.75) is 18.7 Å². The molecule has 6 nitrogen and oxygen atoms in total. The molecule has 0 aromatic heterocycles. The third kappa shape index (κ3) is 10.6. The molecule has 1 rings (SSSR count). The van der Waals surface area contributed by atoms with E-state index in [9.17, 15) is 13.2 Å². The fourth-order valence-electron chi connectivity index (χ4n) is 1.25. The van der Waals surface area contributed by atoms with Crippen LogP contribution in [0.4, 0.5) is 0 Å². The molecule has 1 aromatic carbocycles. The third-order valence-electron chi connectivity index (χ3n) is 2.66. The topological polar surface area (TPSA) is 80.7 Å². The van der Waals surface area contributed by atoms with Gasteiger partial charge in [0, 0.05) is 5.57 Å². The van der Waals surface area contributed by atoms with Crippen molar-refractivity contribution in [3.8, 4) is 0 Å². The molecular formula is C16H26NO5S+. The van der Waals surface area contributed by atoms with Crippen molar-refractivity contribution in [1.29, 1.82) is 0 Å². The number of likely N-dealkylation sites (N-methyl/N-ethyl adjacent to an activating group) is 1. The zero-order chi connectivity index (χ0) is 18.3. The number of ether oxygens (including phenoxy) is 1. The first kappa shape index (κ1) is 21.3. The Labute approximate surface area is 138 Å². The van der Waals surface area contributed by atoms with Crippen molar-refractivity contribution in [2.24, 2.45) is 0 Å². The van der Waals surface area contributed by atoms with Crippen molar-refractivity contribution in [2.75, 3.05) is 34.3 Å². The SMILES string of the molecule is C=C(C)C(=O)OCC[N+](C)(C)C.Cc1ccc(S(=O)(=O)O)cc1. The molecule has 0 unspecified atom stereocenters. The number of carbonyl (C=O) groups excluding carboxylic acids is 1. The standard InChI is InChI=1S/C9H18NO2.C7H8O3S/c1-8(2)9(11)12-7-6-10(3,4)5;1-6-2-4-7(5-3-6)11(8,9)10/h1,6-7H2,2-5H3;2-5H,1H3,(H,8,9,10)/q+1;. The van der Waals surface area contributed by atoms with Crippen LogP contribution in [0, 0.1) is 6.92 Å². The first-order valence-corrected chi connectivity index (χ1v) is 8.44. The molecule has 23 heavy (non-hydrogen) atoms. The van der Waals surface area contributed by atoms with Gasteiger partial charge in [-0.2, -0.15) is 8.42 Å². The van der Waals surface area contributed by atoms with E-state index in [1.165, 1.54) is 12.1 Å². The van der Waals surface area contributed by atoms with Gasteiger partial charge < -0.3 is 9.22 Å². The summed E-state index contributed by atoms with van der Waals surface area (Å²) in [4.78, 5) is 10.8. The number of carbonyl (C=O) groups is 1. The lowest BCUT2D eigenvalue weighted by Crippen LogP contribution is -2.38. The Morgan fingerprint density at radius 1 is 1.22 bits per heavy atom. The highest BCUT2D eigenvalue weighted by molar-refractivity contribution is 7.85. The van der Waals surface area contributed by atoms with Crippen molar-refractivity contribution in [3.63, 3.8) is 0 Å². The summed E-state index contributed by atoms with van der Waals surface area (Å²) in [5.41, 5.74) is 1.41. The fraction of sp³-hybridized carbons (Fsp3) is 0.438. The molecule has 7 heteroatoms. The molecule has 0 aliphatic rings. The Balaban J connectivity index is 0.000000422. The maximum absolute atomic E-state index is 10.9. The number of quaternary nitrogens is 1. The lowest BCUT2D eigenvalue weighted by Gasteiger charge is -2.23. The number of esters is 1. The van der Waals surface area contributed by atoms with Gasteiger partial charge in [-0.05, 0) is 26.0 Å². The summed E-state index contributed by atoms with van der Waals surface area (Å²) in [5, 5.41) is 0. The Morgan fingerprint density at radius 3 is 2.04 bits per heavy atom. The van der Waals surface area contributed by atoms with E-state index in [0.717, 1.165) is 16.6 Å². The molecule has 0 aliphatic heterocycles. The average molecular weight is 344 g/mol. The minimum absolute atomic E-state index is 0.0666. The molecular weight excluding hydrogens is 318 g/mol. The summed E-state index contributed by atoms with van der Waals surface area (Å²) in [5.74, 6) is -0.302. The van der Waals surface area contributed by atoms with Gasteiger partial charge in [0.05, 0.1) is 26.0 Å². The second-order valence-electron chi connectivity index (χ2n) is 6.22. The molecule has 0 amide bonds. The predicted molar refractivity (Wildman–Crippen MR) is 89.7 cm³/mol. The Bertz CT molecular complexity index is 627. The van der Waals surface area contributed by atoms with Crippen LogP contribution in [0.25, 0.3) is 0 Å². The van der Waals surface area contributed by atoms with Gasteiger partial charge in [-0.3, -0.25) is 4.55 Å².